The van der Waals surface area contributed by atoms with E-state index in [0.717, 1.165) is 31.8 Å². The zero-order valence-corrected chi connectivity index (χ0v) is 8.75. The Morgan fingerprint density at radius 2 is 2.20 bits per heavy atom. The van der Waals surface area contributed by atoms with Crippen molar-refractivity contribution in [2.45, 2.75) is 18.9 Å². The maximum atomic E-state index is 5.95. The maximum Gasteiger partial charge on any atom is 0.125 e. The first-order valence-corrected chi connectivity index (χ1v) is 5.66. The molecule has 0 spiro atoms. The summed E-state index contributed by atoms with van der Waals surface area (Å²) in [6, 6.07) is 6.29. The minimum atomic E-state index is 0.374. The highest BCUT2D eigenvalue weighted by Gasteiger charge is 2.21. The molecule has 0 bridgehead atoms. The van der Waals surface area contributed by atoms with Crippen LogP contribution in [0.25, 0.3) is 0 Å². The molecule has 2 heterocycles. The summed E-state index contributed by atoms with van der Waals surface area (Å²) in [5, 5.41) is 6.64. The van der Waals surface area contributed by atoms with Crippen molar-refractivity contribution in [3.8, 4) is 5.75 Å². The van der Waals surface area contributed by atoms with Crippen molar-refractivity contribution in [2.75, 3.05) is 25.0 Å². The van der Waals surface area contributed by atoms with Gasteiger partial charge in [0.2, 0.25) is 0 Å². The molecule has 0 aliphatic carbocycles. The van der Waals surface area contributed by atoms with Crippen LogP contribution in [0.1, 0.15) is 12.0 Å². The topological polar surface area (TPSA) is 33.3 Å². The second-order valence-corrected chi connectivity index (χ2v) is 4.21. The van der Waals surface area contributed by atoms with Crippen LogP contribution in [0.3, 0.4) is 0 Å². The Morgan fingerprint density at radius 3 is 3.00 bits per heavy atom. The molecule has 2 N–H and O–H groups in total. The van der Waals surface area contributed by atoms with Crippen LogP contribution < -0.4 is 15.4 Å². The second-order valence-electron chi connectivity index (χ2n) is 4.21. The summed E-state index contributed by atoms with van der Waals surface area (Å²) < 4.78 is 5.95. The van der Waals surface area contributed by atoms with Crippen LogP contribution in [0.2, 0.25) is 0 Å². The Labute approximate surface area is 89.8 Å². The highest BCUT2D eigenvalue weighted by atomic mass is 16.5. The molecule has 15 heavy (non-hydrogen) atoms. The zero-order chi connectivity index (χ0) is 10.1. The minimum absolute atomic E-state index is 0.374. The SMILES string of the molecule is c1cc2c(c(OC3CNC3)c1)CCCN2. The number of anilines is 1. The van der Waals surface area contributed by atoms with Gasteiger partial charge in [-0.25, -0.2) is 0 Å². The lowest BCUT2D eigenvalue weighted by atomic mass is 10.0. The Morgan fingerprint density at radius 1 is 1.27 bits per heavy atom. The maximum absolute atomic E-state index is 5.95. The Hall–Kier alpha value is -1.22. The van der Waals surface area contributed by atoms with E-state index in [2.05, 4.69) is 28.8 Å². The predicted octanol–water partition coefficient (Wildman–Crippen LogP) is 1.40. The molecule has 1 aromatic carbocycles. The molecule has 3 heteroatoms. The molecular weight excluding hydrogens is 188 g/mol. The number of nitrogens with one attached hydrogen (secondary N) is 2. The molecule has 1 fully saturated rings. The van der Waals surface area contributed by atoms with Crippen LogP contribution in [0.4, 0.5) is 5.69 Å². The van der Waals surface area contributed by atoms with Crippen molar-refractivity contribution in [3.05, 3.63) is 23.8 Å². The number of hydrogen-bond acceptors (Lipinski definition) is 3. The van der Waals surface area contributed by atoms with Crippen LogP contribution >= 0.6 is 0 Å². The average Bonchev–Trinajstić information content (AvgIpc) is 2.23. The molecule has 0 atom stereocenters. The van der Waals surface area contributed by atoms with E-state index >= 15 is 0 Å². The van der Waals surface area contributed by atoms with E-state index in [1.165, 1.54) is 17.7 Å². The van der Waals surface area contributed by atoms with Crippen LogP contribution in [0.5, 0.6) is 5.75 Å². The number of hydrogen-bond donors (Lipinski definition) is 2. The van der Waals surface area contributed by atoms with Gasteiger partial charge in [-0.3, -0.25) is 0 Å². The minimum Gasteiger partial charge on any atom is -0.487 e. The molecule has 1 saturated heterocycles. The summed E-state index contributed by atoms with van der Waals surface area (Å²) in [5.41, 5.74) is 2.61. The monoisotopic (exact) mass is 204 g/mol. The third-order valence-electron chi connectivity index (χ3n) is 3.09. The standard InChI is InChI=1S/C12H16N2O/c1-4-11-10(3-2-6-14-11)12(5-1)15-9-7-13-8-9/h1,4-5,9,13-14H,2-3,6-8H2. The van der Waals surface area contributed by atoms with Gasteiger partial charge in [0.05, 0.1) is 0 Å². The van der Waals surface area contributed by atoms with Crippen LogP contribution in [-0.4, -0.2) is 25.7 Å². The summed E-state index contributed by atoms with van der Waals surface area (Å²) in [4.78, 5) is 0. The Balaban J connectivity index is 1.85. The molecule has 80 valence electrons. The largest absolute Gasteiger partial charge is 0.487 e. The van der Waals surface area contributed by atoms with Crippen molar-refractivity contribution in [3.63, 3.8) is 0 Å². The normalized spacial score (nSPS) is 20.0. The Bertz CT molecular complexity index is 361. The van der Waals surface area contributed by atoms with Crippen LogP contribution in [0.15, 0.2) is 18.2 Å². The molecule has 3 rings (SSSR count). The van der Waals surface area contributed by atoms with Gasteiger partial charge in [0.15, 0.2) is 0 Å². The summed E-state index contributed by atoms with van der Waals surface area (Å²) in [6.45, 7) is 3.05. The quantitative estimate of drug-likeness (QED) is 0.764. The number of fused-ring (bicyclic) bond motifs is 1. The Kier molecular flexibility index (Phi) is 2.25. The van der Waals surface area contributed by atoms with E-state index in [1.807, 2.05) is 0 Å². The first kappa shape index (κ1) is 9.04. The van der Waals surface area contributed by atoms with Gasteiger partial charge in [0.1, 0.15) is 11.9 Å². The number of ether oxygens (including phenoxy) is 1. The predicted molar refractivity (Wildman–Crippen MR) is 60.5 cm³/mol. The second kappa shape index (κ2) is 3.74. The average molecular weight is 204 g/mol. The fourth-order valence-electron chi connectivity index (χ4n) is 2.11. The molecule has 0 amide bonds. The van der Waals surface area contributed by atoms with Crippen LogP contribution in [-0.2, 0) is 6.42 Å². The summed E-state index contributed by atoms with van der Waals surface area (Å²) in [6.07, 6.45) is 2.72. The van der Waals surface area contributed by atoms with Crippen molar-refractivity contribution >= 4 is 5.69 Å². The molecule has 0 saturated carbocycles. The fraction of sp³-hybridized carbons (Fsp3) is 0.500. The van der Waals surface area contributed by atoms with E-state index in [0.29, 0.717) is 6.10 Å². The first-order chi connectivity index (χ1) is 7.43. The zero-order valence-electron chi connectivity index (χ0n) is 8.75. The molecule has 2 aliphatic rings. The van der Waals surface area contributed by atoms with Gasteiger partial charge in [-0.1, -0.05) is 6.07 Å². The van der Waals surface area contributed by atoms with Gasteiger partial charge < -0.3 is 15.4 Å². The molecule has 1 aromatic rings. The number of benzene rings is 1. The van der Waals surface area contributed by atoms with Gasteiger partial charge in [-0.15, -0.1) is 0 Å². The molecule has 0 unspecified atom stereocenters. The summed E-state index contributed by atoms with van der Waals surface area (Å²) >= 11 is 0. The molecule has 3 nitrogen and oxygen atoms in total. The van der Waals surface area contributed by atoms with E-state index in [4.69, 9.17) is 4.74 Å². The van der Waals surface area contributed by atoms with Crippen molar-refractivity contribution < 1.29 is 4.74 Å². The van der Waals surface area contributed by atoms with E-state index in [-0.39, 0.29) is 0 Å². The number of rotatable bonds is 2. The highest BCUT2D eigenvalue weighted by Crippen LogP contribution is 2.31. The van der Waals surface area contributed by atoms with Crippen molar-refractivity contribution in [1.82, 2.24) is 5.32 Å². The third-order valence-corrected chi connectivity index (χ3v) is 3.09. The van der Waals surface area contributed by atoms with Crippen molar-refractivity contribution in [2.24, 2.45) is 0 Å². The summed E-state index contributed by atoms with van der Waals surface area (Å²) in [5.74, 6) is 1.08. The van der Waals surface area contributed by atoms with E-state index in [9.17, 15) is 0 Å². The molecule has 0 radical (unpaired) electrons. The first-order valence-electron chi connectivity index (χ1n) is 5.66. The lowest BCUT2D eigenvalue weighted by Gasteiger charge is -2.30. The van der Waals surface area contributed by atoms with Gasteiger partial charge in [-0.05, 0) is 25.0 Å². The smallest absolute Gasteiger partial charge is 0.125 e. The third kappa shape index (κ3) is 1.67. The molecule has 0 aromatic heterocycles. The van der Waals surface area contributed by atoms with Gasteiger partial charge in [0, 0.05) is 30.9 Å². The van der Waals surface area contributed by atoms with E-state index in [1.54, 1.807) is 0 Å². The lowest BCUT2D eigenvalue weighted by Crippen LogP contribution is -2.50. The van der Waals surface area contributed by atoms with Gasteiger partial charge >= 0.3 is 0 Å². The molecular formula is C12H16N2O. The fourth-order valence-corrected chi connectivity index (χ4v) is 2.11. The van der Waals surface area contributed by atoms with Gasteiger partial charge in [0.25, 0.3) is 0 Å². The van der Waals surface area contributed by atoms with Crippen molar-refractivity contribution in [1.29, 1.82) is 0 Å². The highest BCUT2D eigenvalue weighted by molar-refractivity contribution is 5.59. The van der Waals surface area contributed by atoms with Crippen LogP contribution in [0, 0.1) is 0 Å². The van der Waals surface area contributed by atoms with E-state index < -0.39 is 0 Å². The molecule has 2 aliphatic heterocycles. The lowest BCUT2D eigenvalue weighted by molar-refractivity contribution is 0.141. The van der Waals surface area contributed by atoms with Gasteiger partial charge in [-0.2, -0.15) is 0 Å². The summed E-state index contributed by atoms with van der Waals surface area (Å²) in [7, 11) is 0.